The predicted octanol–water partition coefficient (Wildman–Crippen LogP) is 1.87. The number of rotatable bonds is 2. The molecule has 0 saturated carbocycles. The largest absolute Gasteiger partial charge is 0.507 e. The molecule has 0 spiro atoms. The van der Waals surface area contributed by atoms with Crippen molar-refractivity contribution >= 4 is 23.2 Å². The van der Waals surface area contributed by atoms with E-state index in [4.69, 9.17) is 20.3 Å². The standard InChI is InChI=1S/C13H21BN2O2S/c1-12(2)13(3,4)18-14(17-12)10-8-16-11(19-10)9-6-5-7-15-9/h8-9,15H,5-7H2,1-4H3/i5D2,6D2,7D2,8D,9D. The molecule has 0 aliphatic carbocycles. The third-order valence-corrected chi connectivity index (χ3v) is 4.59. The number of thiazole rings is 1. The van der Waals surface area contributed by atoms with Crippen LogP contribution < -0.4 is 10.1 Å². The molecule has 1 N–H and O–H groups in total. The monoisotopic (exact) mass is 288 g/mol. The summed E-state index contributed by atoms with van der Waals surface area (Å²) in [5.74, 6) is 0. The molecule has 6 heteroatoms. The van der Waals surface area contributed by atoms with Crippen molar-refractivity contribution in [2.75, 3.05) is 6.50 Å². The van der Waals surface area contributed by atoms with Crippen molar-refractivity contribution < 1.29 is 20.3 Å². The number of hydrogen-bond donors (Lipinski definition) is 1. The number of aromatic nitrogens is 1. The molecule has 1 aromatic heterocycles. The van der Waals surface area contributed by atoms with E-state index in [1.807, 2.05) is 27.7 Å². The molecule has 0 aromatic carbocycles. The first-order valence-corrected chi connectivity index (χ1v) is 6.84. The lowest BCUT2D eigenvalue weighted by molar-refractivity contribution is 0.00578. The quantitative estimate of drug-likeness (QED) is 0.844. The van der Waals surface area contributed by atoms with Crippen LogP contribution in [0.25, 0.3) is 0 Å². The van der Waals surface area contributed by atoms with E-state index >= 15 is 0 Å². The molecule has 19 heavy (non-hydrogen) atoms. The van der Waals surface area contributed by atoms with E-state index in [1.54, 1.807) is 0 Å². The van der Waals surface area contributed by atoms with Gasteiger partial charge in [-0.1, -0.05) is 0 Å². The summed E-state index contributed by atoms with van der Waals surface area (Å²) in [6.07, 6.45) is -6.20. The maximum absolute atomic E-state index is 8.49. The van der Waals surface area contributed by atoms with Gasteiger partial charge in [0.05, 0.1) is 24.7 Å². The Morgan fingerprint density at radius 1 is 1.53 bits per heavy atom. The molecule has 1 unspecified atom stereocenters. The average Bonchev–Trinajstić information content (AvgIpc) is 2.98. The average molecular weight is 288 g/mol. The second-order valence-corrected chi connectivity index (χ2v) is 6.49. The zero-order valence-electron chi connectivity index (χ0n) is 19.2. The highest BCUT2D eigenvalue weighted by atomic mass is 32.1. The number of nitrogens with one attached hydrogen (secondary N) is 1. The maximum atomic E-state index is 8.49. The molecule has 1 atom stereocenters. The molecular weight excluding hydrogens is 259 g/mol. The molecular formula is C13H21BN2O2S. The normalized spacial score (nSPS) is 47.1. The zero-order valence-corrected chi connectivity index (χ0v) is 12.1. The highest BCUT2D eigenvalue weighted by Gasteiger charge is 2.52. The third kappa shape index (κ3) is 2.35. The van der Waals surface area contributed by atoms with Gasteiger partial charge in [-0.2, -0.15) is 0 Å². The lowest BCUT2D eigenvalue weighted by Gasteiger charge is -2.32. The lowest BCUT2D eigenvalue weighted by Crippen LogP contribution is -2.41. The second kappa shape index (κ2) is 4.55. The van der Waals surface area contributed by atoms with Crippen LogP contribution in [0.4, 0.5) is 0 Å². The highest BCUT2D eigenvalue weighted by molar-refractivity contribution is 7.22. The second-order valence-electron chi connectivity index (χ2n) is 5.46. The minimum Gasteiger partial charge on any atom is -0.399 e. The van der Waals surface area contributed by atoms with Gasteiger partial charge in [0.2, 0.25) is 0 Å². The fourth-order valence-electron chi connectivity index (χ4n) is 1.74. The van der Waals surface area contributed by atoms with Crippen molar-refractivity contribution in [1.82, 2.24) is 10.3 Å². The molecule has 3 heterocycles. The molecule has 0 amide bonds. The molecule has 2 aliphatic heterocycles. The van der Waals surface area contributed by atoms with Crippen molar-refractivity contribution in [3.63, 3.8) is 0 Å². The summed E-state index contributed by atoms with van der Waals surface area (Å²) in [6, 6.07) is -2.51. The Bertz CT molecular complexity index is 770. The SMILES string of the molecule is [2H]c1nc(C2([2H])NC([2H])([2H])C([2H])([2H])C2([2H])[2H])sc1B1OC(C)(C)C(C)(C)O1. The summed E-state index contributed by atoms with van der Waals surface area (Å²) >= 11 is 0.786. The van der Waals surface area contributed by atoms with Crippen LogP contribution in [0.5, 0.6) is 0 Å². The van der Waals surface area contributed by atoms with Gasteiger partial charge in [-0.25, -0.2) is 4.98 Å². The third-order valence-electron chi connectivity index (χ3n) is 3.59. The molecule has 1 aromatic rings. The molecule has 2 saturated heterocycles. The molecule has 2 aliphatic rings. The van der Waals surface area contributed by atoms with E-state index in [0.717, 1.165) is 11.3 Å². The van der Waals surface area contributed by atoms with E-state index < -0.39 is 43.6 Å². The van der Waals surface area contributed by atoms with Crippen molar-refractivity contribution in [2.24, 2.45) is 0 Å². The topological polar surface area (TPSA) is 43.4 Å². The first-order valence-electron chi connectivity index (χ1n) is 10.0. The Balaban J connectivity index is 2.03. The molecule has 0 bridgehead atoms. The Kier molecular flexibility index (Phi) is 1.68. The van der Waals surface area contributed by atoms with Crippen LogP contribution in [0.1, 0.15) is 62.4 Å². The summed E-state index contributed by atoms with van der Waals surface area (Å²) in [5.41, 5.74) is -1.33. The van der Waals surface area contributed by atoms with Gasteiger partial charge >= 0.3 is 7.12 Å². The summed E-state index contributed by atoms with van der Waals surface area (Å²) in [7, 11) is -0.932. The zero-order chi connectivity index (χ0) is 20.8. The van der Waals surface area contributed by atoms with Crippen LogP contribution in [0.3, 0.4) is 0 Å². The first kappa shape index (κ1) is 7.03. The van der Waals surface area contributed by atoms with Crippen molar-refractivity contribution in [3.05, 3.63) is 11.2 Å². The summed E-state index contributed by atoms with van der Waals surface area (Å²) < 4.78 is 76.0. The van der Waals surface area contributed by atoms with Crippen LogP contribution in [0.2, 0.25) is 0 Å². The van der Waals surface area contributed by atoms with Crippen LogP contribution in [-0.2, 0) is 9.31 Å². The van der Waals surface area contributed by atoms with E-state index in [-0.39, 0.29) is 16.0 Å². The van der Waals surface area contributed by atoms with Gasteiger partial charge in [-0.05, 0) is 46.9 Å². The van der Waals surface area contributed by atoms with Gasteiger partial charge in [0, 0.05) is 14.4 Å². The van der Waals surface area contributed by atoms with E-state index in [9.17, 15) is 0 Å². The Hall–Kier alpha value is -0.425. The first-order chi connectivity index (χ1) is 11.9. The molecule has 4 nitrogen and oxygen atoms in total. The van der Waals surface area contributed by atoms with E-state index in [2.05, 4.69) is 10.3 Å². The lowest BCUT2D eigenvalue weighted by atomic mass is 9.89. The van der Waals surface area contributed by atoms with E-state index in [0.29, 0.717) is 0 Å². The summed E-state index contributed by atoms with van der Waals surface area (Å²) in [4.78, 5) is 3.93. The van der Waals surface area contributed by atoms with Gasteiger partial charge in [0.25, 0.3) is 0 Å². The Morgan fingerprint density at radius 2 is 2.21 bits per heavy atom. The van der Waals surface area contributed by atoms with Gasteiger partial charge in [0.15, 0.2) is 0 Å². The number of nitrogens with zero attached hydrogens (tertiary/aromatic N) is 1. The molecule has 3 rings (SSSR count). The maximum Gasteiger partial charge on any atom is 0.507 e. The van der Waals surface area contributed by atoms with E-state index in [1.165, 1.54) is 0 Å². The van der Waals surface area contributed by atoms with Gasteiger partial charge in [0.1, 0.15) is 5.01 Å². The Morgan fingerprint density at radius 3 is 2.79 bits per heavy atom. The van der Waals surface area contributed by atoms with Crippen molar-refractivity contribution in [2.45, 2.75) is 57.7 Å². The van der Waals surface area contributed by atoms with Crippen LogP contribution in [0, 0.1) is 0 Å². The summed E-state index contributed by atoms with van der Waals surface area (Å²) in [5, 5.41) is 1.84. The predicted molar refractivity (Wildman–Crippen MR) is 77.8 cm³/mol. The molecule has 0 radical (unpaired) electrons. The molecule has 2 fully saturated rings. The minimum absolute atomic E-state index is 0.223. The number of hydrogen-bond acceptors (Lipinski definition) is 5. The van der Waals surface area contributed by atoms with Gasteiger partial charge in [-0.15, -0.1) is 11.3 Å². The smallest absolute Gasteiger partial charge is 0.399 e. The van der Waals surface area contributed by atoms with Crippen molar-refractivity contribution in [3.8, 4) is 0 Å². The van der Waals surface area contributed by atoms with Crippen LogP contribution >= 0.6 is 11.3 Å². The fourth-order valence-corrected chi connectivity index (χ4v) is 2.53. The highest BCUT2D eigenvalue weighted by Crippen LogP contribution is 2.37. The molecule has 104 valence electrons. The minimum atomic E-state index is -2.99. The van der Waals surface area contributed by atoms with Crippen molar-refractivity contribution in [1.29, 1.82) is 0 Å². The fraction of sp³-hybridized carbons (Fsp3) is 0.769. The van der Waals surface area contributed by atoms with Gasteiger partial charge in [-0.3, -0.25) is 0 Å². The van der Waals surface area contributed by atoms with Gasteiger partial charge < -0.3 is 14.6 Å². The summed E-state index contributed by atoms with van der Waals surface area (Å²) in [6.45, 7) is 4.56. The Labute approximate surface area is 130 Å². The van der Waals surface area contributed by atoms with Crippen LogP contribution in [0.15, 0.2) is 6.17 Å². The van der Waals surface area contributed by atoms with Crippen LogP contribution in [-0.4, -0.2) is 29.8 Å².